The summed E-state index contributed by atoms with van der Waals surface area (Å²) in [5.41, 5.74) is -0.337. The summed E-state index contributed by atoms with van der Waals surface area (Å²) in [6, 6.07) is 3.53. The van der Waals surface area contributed by atoms with Crippen molar-refractivity contribution < 1.29 is 8.78 Å². The molecule has 1 aromatic heterocycles. The van der Waals surface area contributed by atoms with Gasteiger partial charge in [0.1, 0.15) is 17.3 Å². The highest BCUT2D eigenvalue weighted by Crippen LogP contribution is 2.22. The Labute approximate surface area is 119 Å². The Morgan fingerprint density at radius 3 is 2.40 bits per heavy atom. The van der Waals surface area contributed by atoms with Gasteiger partial charge in [0.15, 0.2) is 0 Å². The summed E-state index contributed by atoms with van der Waals surface area (Å²) in [4.78, 5) is 11.6. The number of hydrogen-bond acceptors (Lipinski definition) is 5. The second kappa shape index (κ2) is 6.42. The molecule has 0 amide bonds. The van der Waals surface area contributed by atoms with Gasteiger partial charge in [-0.25, -0.2) is 8.78 Å². The molecule has 0 saturated heterocycles. The van der Waals surface area contributed by atoms with Crippen molar-refractivity contribution in [2.45, 2.75) is 13.3 Å². The van der Waals surface area contributed by atoms with Crippen LogP contribution in [-0.4, -0.2) is 21.5 Å². The van der Waals surface area contributed by atoms with E-state index in [-0.39, 0.29) is 22.9 Å². The summed E-state index contributed by atoms with van der Waals surface area (Å²) in [6.45, 7) is 2.62. The molecule has 1 heterocycles. The molecule has 20 heavy (non-hydrogen) atoms. The van der Waals surface area contributed by atoms with Gasteiger partial charge in [0.25, 0.3) is 0 Å². The van der Waals surface area contributed by atoms with Crippen molar-refractivity contribution in [3.63, 3.8) is 0 Å². The van der Waals surface area contributed by atoms with Crippen LogP contribution in [0.25, 0.3) is 0 Å². The maximum absolute atomic E-state index is 13.5. The number of para-hydroxylation sites is 1. The number of halogens is 3. The maximum Gasteiger partial charge on any atom is 0.233 e. The Morgan fingerprint density at radius 2 is 1.75 bits per heavy atom. The fourth-order valence-corrected chi connectivity index (χ4v) is 1.61. The van der Waals surface area contributed by atoms with E-state index in [1.807, 2.05) is 6.92 Å². The summed E-state index contributed by atoms with van der Waals surface area (Å²) in [6.07, 6.45) is 0.869. The number of benzene rings is 1. The van der Waals surface area contributed by atoms with Gasteiger partial charge in [0.05, 0.1) is 0 Å². The zero-order chi connectivity index (χ0) is 14.5. The van der Waals surface area contributed by atoms with Gasteiger partial charge in [-0.05, 0) is 30.2 Å². The van der Waals surface area contributed by atoms with E-state index >= 15 is 0 Å². The molecule has 0 unspecified atom stereocenters. The lowest BCUT2D eigenvalue weighted by Gasteiger charge is -2.09. The van der Waals surface area contributed by atoms with Gasteiger partial charge in [-0.3, -0.25) is 0 Å². The second-order valence-electron chi connectivity index (χ2n) is 3.90. The molecule has 0 aliphatic carbocycles. The van der Waals surface area contributed by atoms with E-state index in [0.717, 1.165) is 18.6 Å². The van der Waals surface area contributed by atoms with Crippen LogP contribution in [-0.2, 0) is 0 Å². The smallest absolute Gasteiger partial charge is 0.233 e. The van der Waals surface area contributed by atoms with Crippen LogP contribution in [0.4, 0.5) is 26.4 Å². The minimum atomic E-state index is -0.746. The van der Waals surface area contributed by atoms with Crippen molar-refractivity contribution in [3.05, 3.63) is 35.1 Å². The lowest BCUT2D eigenvalue weighted by molar-refractivity contribution is 0.590. The molecule has 1 aromatic carbocycles. The predicted octanol–water partition coefficient (Wildman–Crippen LogP) is 3.37. The van der Waals surface area contributed by atoms with Crippen LogP contribution in [0.3, 0.4) is 0 Å². The monoisotopic (exact) mass is 299 g/mol. The minimum absolute atomic E-state index is 0.0346. The maximum atomic E-state index is 13.5. The summed E-state index contributed by atoms with van der Waals surface area (Å²) in [5, 5.41) is 5.31. The highest BCUT2D eigenvalue weighted by molar-refractivity contribution is 6.28. The van der Waals surface area contributed by atoms with Crippen molar-refractivity contribution in [1.82, 2.24) is 15.0 Å². The average Bonchev–Trinajstić information content (AvgIpc) is 2.40. The van der Waals surface area contributed by atoms with E-state index in [1.165, 1.54) is 6.07 Å². The van der Waals surface area contributed by atoms with E-state index in [9.17, 15) is 8.78 Å². The third-order valence-corrected chi connectivity index (χ3v) is 2.51. The predicted molar refractivity (Wildman–Crippen MR) is 73.3 cm³/mol. The van der Waals surface area contributed by atoms with Crippen LogP contribution in [0.15, 0.2) is 18.2 Å². The molecular weight excluding hydrogens is 288 g/mol. The molecule has 2 aromatic rings. The molecule has 0 saturated carbocycles. The van der Waals surface area contributed by atoms with E-state index in [0.29, 0.717) is 6.54 Å². The number of hydrogen-bond donors (Lipinski definition) is 2. The van der Waals surface area contributed by atoms with Crippen LogP contribution in [0.2, 0.25) is 5.28 Å². The Morgan fingerprint density at radius 1 is 1.10 bits per heavy atom. The van der Waals surface area contributed by atoms with E-state index in [4.69, 9.17) is 11.6 Å². The van der Waals surface area contributed by atoms with Crippen molar-refractivity contribution in [3.8, 4) is 0 Å². The number of rotatable bonds is 5. The van der Waals surface area contributed by atoms with Crippen LogP contribution in [0, 0.1) is 11.6 Å². The van der Waals surface area contributed by atoms with Gasteiger partial charge in [-0.1, -0.05) is 13.0 Å². The van der Waals surface area contributed by atoms with Crippen molar-refractivity contribution in [2.75, 3.05) is 17.2 Å². The third-order valence-electron chi connectivity index (χ3n) is 2.34. The molecule has 0 fully saturated rings. The lowest BCUT2D eigenvalue weighted by atomic mass is 10.3. The molecular formula is C12H12ClF2N5. The molecule has 0 spiro atoms. The number of aromatic nitrogens is 3. The van der Waals surface area contributed by atoms with Crippen molar-refractivity contribution in [2.24, 2.45) is 0 Å². The first kappa shape index (κ1) is 14.4. The molecule has 106 valence electrons. The quantitative estimate of drug-likeness (QED) is 0.886. The Balaban J connectivity index is 2.27. The summed E-state index contributed by atoms with van der Waals surface area (Å²) in [5.74, 6) is -1.28. The Kier molecular flexibility index (Phi) is 4.62. The normalized spacial score (nSPS) is 10.4. The molecule has 0 bridgehead atoms. The van der Waals surface area contributed by atoms with E-state index < -0.39 is 11.6 Å². The Hall–Kier alpha value is -2.02. The summed E-state index contributed by atoms with van der Waals surface area (Å²) < 4.78 is 27.0. The third kappa shape index (κ3) is 3.51. The van der Waals surface area contributed by atoms with Crippen LogP contribution in [0.5, 0.6) is 0 Å². The van der Waals surface area contributed by atoms with Gasteiger partial charge in [0.2, 0.25) is 17.2 Å². The van der Waals surface area contributed by atoms with Crippen LogP contribution < -0.4 is 10.6 Å². The van der Waals surface area contributed by atoms with E-state index in [2.05, 4.69) is 25.6 Å². The lowest BCUT2D eigenvalue weighted by Crippen LogP contribution is -2.08. The van der Waals surface area contributed by atoms with Crippen molar-refractivity contribution >= 4 is 29.2 Å². The fourth-order valence-electron chi connectivity index (χ4n) is 1.45. The molecule has 2 rings (SSSR count). The first-order valence-corrected chi connectivity index (χ1v) is 6.34. The molecule has 0 aliphatic heterocycles. The summed E-state index contributed by atoms with van der Waals surface area (Å²) in [7, 11) is 0. The highest BCUT2D eigenvalue weighted by atomic mass is 35.5. The minimum Gasteiger partial charge on any atom is -0.354 e. The molecule has 2 N–H and O–H groups in total. The second-order valence-corrected chi connectivity index (χ2v) is 4.24. The highest BCUT2D eigenvalue weighted by Gasteiger charge is 2.11. The SMILES string of the molecule is CCCNc1nc(Cl)nc(Nc2c(F)cccc2F)n1. The van der Waals surface area contributed by atoms with Crippen LogP contribution in [0.1, 0.15) is 13.3 Å². The van der Waals surface area contributed by atoms with Gasteiger partial charge in [-0.2, -0.15) is 15.0 Å². The largest absolute Gasteiger partial charge is 0.354 e. The van der Waals surface area contributed by atoms with Crippen molar-refractivity contribution in [1.29, 1.82) is 0 Å². The van der Waals surface area contributed by atoms with Crippen LogP contribution >= 0.6 is 11.6 Å². The fraction of sp³-hybridized carbons (Fsp3) is 0.250. The zero-order valence-electron chi connectivity index (χ0n) is 10.6. The molecule has 0 aliphatic rings. The Bertz CT molecular complexity index is 588. The molecule has 0 radical (unpaired) electrons. The molecule has 8 heteroatoms. The molecule has 5 nitrogen and oxygen atoms in total. The topological polar surface area (TPSA) is 62.7 Å². The first-order valence-electron chi connectivity index (χ1n) is 5.96. The molecule has 0 atom stereocenters. The number of nitrogens with zero attached hydrogens (tertiary/aromatic N) is 3. The van der Waals surface area contributed by atoms with E-state index in [1.54, 1.807) is 0 Å². The number of anilines is 3. The zero-order valence-corrected chi connectivity index (χ0v) is 11.4. The summed E-state index contributed by atoms with van der Waals surface area (Å²) >= 11 is 5.75. The number of nitrogens with one attached hydrogen (secondary N) is 2. The standard InChI is InChI=1S/C12H12ClF2N5/c1-2-6-16-11-18-10(13)19-12(20-11)17-9-7(14)4-3-5-8(9)15/h3-5H,2,6H2,1H3,(H2,16,17,18,19,20). The first-order chi connectivity index (χ1) is 9.60. The van der Waals surface area contributed by atoms with Gasteiger partial charge >= 0.3 is 0 Å². The van der Waals surface area contributed by atoms with Gasteiger partial charge in [-0.15, -0.1) is 0 Å². The van der Waals surface area contributed by atoms with Gasteiger partial charge in [0, 0.05) is 6.54 Å². The average molecular weight is 300 g/mol. The van der Waals surface area contributed by atoms with Gasteiger partial charge < -0.3 is 10.6 Å².